The number of benzene rings is 4. The summed E-state index contributed by atoms with van der Waals surface area (Å²) in [5, 5.41) is 10.2. The fraction of sp³-hybridized carbons (Fsp3) is 0.118. The molecule has 5 rings (SSSR count). The van der Waals surface area contributed by atoms with Crippen LogP contribution >= 0.6 is 0 Å². The second kappa shape index (κ2) is 11.5. The Morgan fingerprint density at radius 2 is 1.49 bits per heavy atom. The Balaban J connectivity index is 1.49. The lowest BCUT2D eigenvalue weighted by Crippen LogP contribution is -1.98. The first-order chi connectivity index (χ1) is 19.1. The van der Waals surface area contributed by atoms with Crippen molar-refractivity contribution < 1.29 is 13.9 Å². The van der Waals surface area contributed by atoms with Gasteiger partial charge in [0.15, 0.2) is 11.5 Å². The molecular weight excluding hydrogens is 484 g/mol. The second-order valence-electron chi connectivity index (χ2n) is 9.27. The van der Waals surface area contributed by atoms with Crippen LogP contribution in [0.4, 0.5) is 5.88 Å². The molecule has 192 valence electrons. The van der Waals surface area contributed by atoms with Crippen LogP contribution in [-0.4, -0.2) is 13.3 Å². The molecule has 0 aliphatic heterocycles. The highest BCUT2D eigenvalue weighted by molar-refractivity contribution is 5.90. The molecule has 4 aromatic carbocycles. The second-order valence-corrected chi connectivity index (χ2v) is 9.27. The van der Waals surface area contributed by atoms with Gasteiger partial charge in [-0.3, -0.25) is 0 Å². The lowest BCUT2D eigenvalue weighted by molar-refractivity contribution is 0.284. The molecule has 0 spiro atoms. The first-order valence-corrected chi connectivity index (χ1v) is 12.7. The maximum absolute atomic E-state index is 10.2. The minimum absolute atomic E-state index is 0.257. The van der Waals surface area contributed by atoms with Gasteiger partial charge in [0.1, 0.15) is 24.0 Å². The van der Waals surface area contributed by atoms with E-state index in [0.717, 1.165) is 38.9 Å². The Labute approximate surface area is 228 Å². The maximum Gasteiger partial charge on any atom is 0.238 e. The molecule has 0 fully saturated rings. The van der Waals surface area contributed by atoms with Crippen LogP contribution in [0.3, 0.4) is 0 Å². The van der Waals surface area contributed by atoms with Crippen molar-refractivity contribution in [1.82, 2.24) is 0 Å². The van der Waals surface area contributed by atoms with E-state index in [-0.39, 0.29) is 5.88 Å². The van der Waals surface area contributed by atoms with Crippen molar-refractivity contribution >= 4 is 12.1 Å². The predicted octanol–water partition coefficient (Wildman–Crippen LogP) is 8.44. The Morgan fingerprint density at radius 1 is 0.821 bits per heavy atom. The molecule has 1 aromatic heterocycles. The number of ether oxygens (including phenoxy) is 2. The third-order valence-corrected chi connectivity index (χ3v) is 6.41. The average molecular weight is 513 g/mol. The number of methoxy groups -OCH3 is 1. The predicted molar refractivity (Wildman–Crippen MR) is 155 cm³/mol. The summed E-state index contributed by atoms with van der Waals surface area (Å²) in [5.74, 6) is 2.10. The largest absolute Gasteiger partial charge is 0.493 e. The molecule has 0 saturated carbocycles. The molecule has 0 unspecified atom stereocenters. The van der Waals surface area contributed by atoms with Crippen molar-refractivity contribution in [2.45, 2.75) is 20.5 Å². The number of nitrogens with zero attached hydrogens (tertiary/aromatic N) is 2. The van der Waals surface area contributed by atoms with Crippen LogP contribution in [0.2, 0.25) is 0 Å². The molecule has 0 saturated heterocycles. The molecule has 0 atom stereocenters. The summed E-state index contributed by atoms with van der Waals surface area (Å²) in [4.78, 5) is 4.60. The summed E-state index contributed by atoms with van der Waals surface area (Å²) in [5.41, 5.74) is 7.05. The molecular formula is C34H28N2O3. The lowest BCUT2D eigenvalue weighted by atomic mass is 9.97. The summed E-state index contributed by atoms with van der Waals surface area (Å²) < 4.78 is 17.8. The van der Waals surface area contributed by atoms with Crippen LogP contribution in [0.25, 0.3) is 22.5 Å². The Hall–Kier alpha value is -5.08. The number of rotatable bonds is 8. The molecule has 5 nitrogen and oxygen atoms in total. The quantitative estimate of drug-likeness (QED) is 0.196. The van der Waals surface area contributed by atoms with Crippen molar-refractivity contribution in [2.75, 3.05) is 7.11 Å². The van der Waals surface area contributed by atoms with E-state index in [4.69, 9.17) is 13.9 Å². The molecule has 0 aliphatic rings. The van der Waals surface area contributed by atoms with Crippen LogP contribution in [0.5, 0.6) is 11.5 Å². The van der Waals surface area contributed by atoms with E-state index in [9.17, 15) is 5.26 Å². The van der Waals surface area contributed by atoms with Gasteiger partial charge in [0.25, 0.3) is 0 Å². The Bertz CT molecular complexity index is 1640. The Morgan fingerprint density at radius 3 is 2.13 bits per heavy atom. The third-order valence-electron chi connectivity index (χ3n) is 6.41. The van der Waals surface area contributed by atoms with E-state index in [1.807, 2.05) is 111 Å². The fourth-order valence-electron chi connectivity index (χ4n) is 4.27. The smallest absolute Gasteiger partial charge is 0.238 e. The fourth-order valence-corrected chi connectivity index (χ4v) is 4.27. The zero-order valence-corrected chi connectivity index (χ0v) is 22.1. The van der Waals surface area contributed by atoms with E-state index in [0.29, 0.717) is 29.4 Å². The first-order valence-electron chi connectivity index (χ1n) is 12.7. The van der Waals surface area contributed by atoms with Crippen molar-refractivity contribution in [1.29, 1.82) is 5.26 Å². The normalized spacial score (nSPS) is 10.9. The Kier molecular flexibility index (Phi) is 7.56. The van der Waals surface area contributed by atoms with Gasteiger partial charge in [-0.2, -0.15) is 5.26 Å². The van der Waals surface area contributed by atoms with Gasteiger partial charge < -0.3 is 13.9 Å². The van der Waals surface area contributed by atoms with Crippen molar-refractivity contribution in [3.05, 3.63) is 125 Å². The number of hydrogen-bond acceptors (Lipinski definition) is 5. The van der Waals surface area contributed by atoms with E-state index in [1.54, 1.807) is 13.3 Å². The van der Waals surface area contributed by atoms with Gasteiger partial charge in [0.05, 0.1) is 7.11 Å². The highest BCUT2D eigenvalue weighted by atomic mass is 16.5. The molecule has 5 heteroatoms. The van der Waals surface area contributed by atoms with Crippen LogP contribution in [-0.2, 0) is 6.61 Å². The average Bonchev–Trinajstić information content (AvgIpc) is 3.35. The summed E-state index contributed by atoms with van der Waals surface area (Å²) in [7, 11) is 1.60. The minimum Gasteiger partial charge on any atom is -0.493 e. The number of aryl methyl sites for hydroxylation is 2. The van der Waals surface area contributed by atoms with Gasteiger partial charge in [0, 0.05) is 17.3 Å². The van der Waals surface area contributed by atoms with Crippen LogP contribution in [0.1, 0.15) is 27.8 Å². The number of aliphatic imine (C=N–C) groups is 1. The molecule has 0 bridgehead atoms. The van der Waals surface area contributed by atoms with Crippen LogP contribution in [0.15, 0.2) is 106 Å². The van der Waals surface area contributed by atoms with Crippen molar-refractivity contribution in [3.8, 4) is 40.0 Å². The molecule has 1 heterocycles. The first kappa shape index (κ1) is 25.6. The SMILES string of the molecule is COc1cc(C=Nc2oc(-c3ccc(C)cc3)c(-c3ccc(C)cc3)c2C#N)ccc1OCc1ccccc1. The van der Waals surface area contributed by atoms with Gasteiger partial charge in [0.2, 0.25) is 5.88 Å². The van der Waals surface area contributed by atoms with Gasteiger partial charge in [-0.15, -0.1) is 0 Å². The topological polar surface area (TPSA) is 67.8 Å². The molecule has 0 amide bonds. The molecule has 39 heavy (non-hydrogen) atoms. The highest BCUT2D eigenvalue weighted by Crippen LogP contribution is 2.42. The summed E-state index contributed by atoms with van der Waals surface area (Å²) in [6.45, 7) is 4.51. The third kappa shape index (κ3) is 5.76. The summed E-state index contributed by atoms with van der Waals surface area (Å²) in [6.07, 6.45) is 1.67. The van der Waals surface area contributed by atoms with E-state index < -0.39 is 0 Å². The highest BCUT2D eigenvalue weighted by Gasteiger charge is 2.22. The summed E-state index contributed by atoms with van der Waals surface area (Å²) in [6, 6.07) is 34.0. The minimum atomic E-state index is 0.257. The van der Waals surface area contributed by atoms with Crippen molar-refractivity contribution in [2.24, 2.45) is 4.99 Å². The number of furan rings is 1. The molecule has 0 N–H and O–H groups in total. The molecule has 5 aromatic rings. The van der Waals surface area contributed by atoms with Gasteiger partial charge >= 0.3 is 0 Å². The standard InChI is InChI=1S/C34H28N2O3/c1-23-9-14-27(15-10-23)32-29(20-35)34(39-33(32)28-16-11-24(2)12-17-28)36-21-26-13-18-30(31(19-26)37-3)38-22-25-7-5-4-6-8-25/h4-19,21H,22H2,1-3H3. The van der Waals surface area contributed by atoms with E-state index in [1.165, 1.54) is 0 Å². The monoisotopic (exact) mass is 512 g/mol. The number of hydrogen-bond donors (Lipinski definition) is 0. The van der Waals surface area contributed by atoms with Crippen molar-refractivity contribution in [3.63, 3.8) is 0 Å². The van der Waals surface area contributed by atoms with Crippen LogP contribution < -0.4 is 9.47 Å². The van der Waals surface area contributed by atoms with Crippen LogP contribution in [0, 0.1) is 25.2 Å². The number of nitriles is 1. The van der Waals surface area contributed by atoms with E-state index >= 15 is 0 Å². The van der Waals surface area contributed by atoms with Gasteiger partial charge in [-0.05, 0) is 48.7 Å². The molecule has 0 radical (unpaired) electrons. The zero-order valence-electron chi connectivity index (χ0n) is 22.1. The van der Waals surface area contributed by atoms with E-state index in [2.05, 4.69) is 11.1 Å². The molecule has 0 aliphatic carbocycles. The maximum atomic E-state index is 10.2. The summed E-state index contributed by atoms with van der Waals surface area (Å²) >= 11 is 0. The van der Waals surface area contributed by atoms with Gasteiger partial charge in [-0.25, -0.2) is 4.99 Å². The van der Waals surface area contributed by atoms with Gasteiger partial charge in [-0.1, -0.05) is 90.0 Å². The lowest BCUT2D eigenvalue weighted by Gasteiger charge is -2.11. The zero-order chi connectivity index (χ0) is 27.2.